The summed E-state index contributed by atoms with van der Waals surface area (Å²) in [5.41, 5.74) is 0. The van der Waals surface area contributed by atoms with Crippen LogP contribution >= 0.6 is 8.60 Å². The van der Waals surface area contributed by atoms with Crippen LogP contribution in [0, 0.1) is 0 Å². The summed E-state index contributed by atoms with van der Waals surface area (Å²) in [6.07, 6.45) is 13.9. The fourth-order valence-corrected chi connectivity index (χ4v) is 2.18. The quantitative estimate of drug-likeness (QED) is 0.297. The van der Waals surface area contributed by atoms with Crippen molar-refractivity contribution >= 4 is 31.7 Å². The number of hydrogen-bond donors (Lipinski definition) is 0. The van der Waals surface area contributed by atoms with Crippen LogP contribution in [0.2, 0.25) is 0 Å². The Morgan fingerprint density at radius 3 is 1.50 bits per heavy atom. The normalized spacial score (nSPS) is 10.7. The molecule has 0 fully saturated rings. The van der Waals surface area contributed by atoms with Crippen LogP contribution in [0.5, 0.6) is 0 Å². The van der Waals surface area contributed by atoms with Crippen LogP contribution in [0.4, 0.5) is 0 Å². The van der Waals surface area contributed by atoms with E-state index in [1.807, 2.05) is 0 Å². The fraction of sp³-hybridized carbons (Fsp3) is 1.00. The van der Waals surface area contributed by atoms with Crippen LogP contribution in [-0.4, -0.2) is 29.7 Å². The first-order valence-electron chi connectivity index (χ1n) is 7.04. The average molecular weight is 287 g/mol. The van der Waals surface area contributed by atoms with Gasteiger partial charge in [0.15, 0.2) is 0 Å². The molecule has 0 N–H and O–H groups in total. The molecule has 0 aromatic rings. The van der Waals surface area contributed by atoms with E-state index >= 15 is 0 Å². The van der Waals surface area contributed by atoms with Gasteiger partial charge in [-0.1, -0.05) is 71.1 Å². The third-order valence-corrected chi connectivity index (χ3v) is 3.34. The molecule has 0 heterocycles. The van der Waals surface area contributed by atoms with E-state index in [9.17, 15) is 9.79 Å². The molecular weight excluding hydrogens is 259 g/mol. The van der Waals surface area contributed by atoms with Crippen molar-refractivity contribution in [1.82, 2.24) is 0 Å². The summed E-state index contributed by atoms with van der Waals surface area (Å²) in [7, 11) is -2.64. The summed E-state index contributed by atoms with van der Waals surface area (Å²) in [5.74, 6) is 0. The molecule has 0 rings (SSSR count). The monoisotopic (exact) mass is 286 g/mol. The predicted octanol–water partition coefficient (Wildman–Crippen LogP) is 2.88. The van der Waals surface area contributed by atoms with Crippen LogP contribution in [-0.2, 0) is 4.52 Å². The van der Waals surface area contributed by atoms with Crippen molar-refractivity contribution in [2.24, 2.45) is 0 Å². The van der Waals surface area contributed by atoms with Gasteiger partial charge in [0.05, 0.1) is 0 Å². The Morgan fingerprint density at radius 1 is 0.722 bits per heavy atom. The number of hydrogen-bond acceptors (Lipinski definition) is 3. The second-order valence-electron chi connectivity index (χ2n) is 4.59. The molecule has 0 aliphatic rings. The van der Waals surface area contributed by atoms with Gasteiger partial charge >= 0.3 is 23.1 Å². The van der Waals surface area contributed by atoms with Crippen molar-refractivity contribution in [3.05, 3.63) is 0 Å². The first kappa shape index (κ1) is 21.4. The third kappa shape index (κ3) is 19.4. The minimum absolute atomic E-state index is 0. The molecule has 0 bridgehead atoms. The van der Waals surface area contributed by atoms with Crippen LogP contribution in [0.25, 0.3) is 0 Å². The van der Waals surface area contributed by atoms with Crippen molar-refractivity contribution in [3.63, 3.8) is 0 Å². The zero-order valence-corrected chi connectivity index (χ0v) is 14.2. The zero-order chi connectivity index (χ0) is 12.8. The smallest absolute Gasteiger partial charge is 0.820 e. The summed E-state index contributed by atoms with van der Waals surface area (Å²) in [5, 5.41) is 0. The topological polar surface area (TPSA) is 55.3 Å². The van der Waals surface area contributed by atoms with Gasteiger partial charge in [-0.05, 0) is 6.42 Å². The van der Waals surface area contributed by atoms with E-state index in [0.717, 1.165) is 12.8 Å². The van der Waals surface area contributed by atoms with Crippen molar-refractivity contribution in [1.29, 1.82) is 0 Å². The molecule has 5 heteroatoms. The summed E-state index contributed by atoms with van der Waals surface area (Å²) >= 11 is 0. The van der Waals surface area contributed by atoms with Crippen molar-refractivity contribution in [2.45, 2.75) is 77.6 Å². The second kappa shape index (κ2) is 18.1. The van der Waals surface area contributed by atoms with E-state index in [0.29, 0.717) is 6.61 Å². The van der Waals surface area contributed by atoms with Gasteiger partial charge in [0, 0.05) is 6.61 Å². The van der Waals surface area contributed by atoms with E-state index in [2.05, 4.69) is 11.4 Å². The summed E-state index contributed by atoms with van der Waals surface area (Å²) in [6, 6.07) is 0. The molecule has 0 aromatic heterocycles. The molecular formula is C13H27MgO3P. The average Bonchev–Trinajstić information content (AvgIpc) is 2.30. The minimum atomic E-state index is -2.64. The van der Waals surface area contributed by atoms with Crippen LogP contribution in [0.3, 0.4) is 0 Å². The van der Waals surface area contributed by atoms with Gasteiger partial charge in [-0.15, -0.1) is 0 Å². The summed E-state index contributed by atoms with van der Waals surface area (Å²) in [6.45, 7) is 2.60. The molecule has 3 nitrogen and oxygen atoms in total. The molecule has 0 amide bonds. The van der Waals surface area contributed by atoms with Crippen molar-refractivity contribution < 1.29 is 14.3 Å². The molecule has 0 saturated carbocycles. The van der Waals surface area contributed by atoms with Crippen molar-refractivity contribution in [2.75, 3.05) is 6.61 Å². The Balaban J connectivity index is 0. The van der Waals surface area contributed by atoms with Gasteiger partial charge in [-0.2, -0.15) is 8.60 Å². The minimum Gasteiger partial charge on any atom is -0.820 e. The van der Waals surface area contributed by atoms with Gasteiger partial charge in [0.1, 0.15) is 0 Å². The van der Waals surface area contributed by atoms with Crippen molar-refractivity contribution in [3.8, 4) is 0 Å². The van der Waals surface area contributed by atoms with Gasteiger partial charge in [-0.3, -0.25) is 0 Å². The maximum absolute atomic E-state index is 10.1. The Kier molecular flexibility index (Phi) is 21.5. The summed E-state index contributed by atoms with van der Waals surface area (Å²) in [4.78, 5) is 20.2. The molecule has 0 atom stereocenters. The maximum Gasteiger partial charge on any atom is 2.00 e. The molecule has 0 aliphatic heterocycles. The molecule has 0 radical (unpaired) electrons. The standard InChI is InChI=1S/C13H27O3P.Mg/c1-2-3-4-5-6-7-8-9-10-11-12-13-16-17(14)15;/h2-13H2,1H3;/q-2;+2. The van der Waals surface area contributed by atoms with Gasteiger partial charge in [0.2, 0.25) is 0 Å². The molecule has 0 saturated heterocycles. The van der Waals surface area contributed by atoms with E-state index in [-0.39, 0.29) is 23.1 Å². The molecule has 0 spiro atoms. The van der Waals surface area contributed by atoms with Gasteiger partial charge in [0.25, 0.3) is 0 Å². The first-order chi connectivity index (χ1) is 8.27. The third-order valence-electron chi connectivity index (χ3n) is 2.94. The first-order valence-corrected chi connectivity index (χ1v) is 8.14. The Labute approximate surface area is 130 Å². The maximum atomic E-state index is 10.1. The molecule has 104 valence electrons. The number of rotatable bonds is 13. The largest absolute Gasteiger partial charge is 2.00 e. The van der Waals surface area contributed by atoms with Crippen LogP contribution in [0.15, 0.2) is 0 Å². The molecule has 0 unspecified atom stereocenters. The van der Waals surface area contributed by atoms with E-state index in [1.54, 1.807) is 0 Å². The van der Waals surface area contributed by atoms with Crippen LogP contribution < -0.4 is 9.79 Å². The Hall–Kier alpha value is 1.08. The fourth-order valence-electron chi connectivity index (χ4n) is 1.91. The van der Waals surface area contributed by atoms with E-state index < -0.39 is 8.60 Å². The predicted molar refractivity (Wildman–Crippen MR) is 75.1 cm³/mol. The molecule has 18 heavy (non-hydrogen) atoms. The SMILES string of the molecule is CCCCCCCCCCCCCOP([O-])[O-].[Mg+2]. The number of unbranched alkanes of at least 4 members (excludes halogenated alkanes) is 10. The van der Waals surface area contributed by atoms with E-state index in [1.165, 1.54) is 57.8 Å². The summed E-state index contributed by atoms with van der Waals surface area (Å²) < 4.78 is 4.48. The zero-order valence-electron chi connectivity index (χ0n) is 11.9. The molecule has 0 aliphatic carbocycles. The second-order valence-corrected chi connectivity index (χ2v) is 5.30. The van der Waals surface area contributed by atoms with Crippen LogP contribution in [0.1, 0.15) is 77.6 Å². The van der Waals surface area contributed by atoms with Gasteiger partial charge in [-0.25, -0.2) is 0 Å². The Bertz CT molecular complexity index is 148. The Morgan fingerprint density at radius 2 is 1.11 bits per heavy atom. The van der Waals surface area contributed by atoms with Gasteiger partial charge < -0.3 is 14.3 Å². The van der Waals surface area contributed by atoms with E-state index in [4.69, 9.17) is 0 Å². The molecule has 0 aromatic carbocycles.